The molecule has 3 atom stereocenters. The van der Waals surface area contributed by atoms with Crippen LogP contribution in [-0.2, 0) is 23.9 Å². The molecule has 5 N–H and O–H groups in total. The molecule has 0 aliphatic rings. The molecule has 0 bridgehead atoms. The number of aliphatic hydroxyl groups excluding tert-OH is 1. The van der Waals surface area contributed by atoms with Crippen molar-refractivity contribution < 1.29 is 34.1 Å². The Balaban J connectivity index is 4.57. The van der Waals surface area contributed by atoms with Gasteiger partial charge in [-0.3, -0.25) is 14.4 Å². The molecule has 0 rings (SSSR count). The van der Waals surface area contributed by atoms with Crippen LogP contribution < -0.4 is 11.1 Å². The highest BCUT2D eigenvalue weighted by Gasteiger charge is 2.24. The first-order valence-corrected chi connectivity index (χ1v) is 14.9. The minimum absolute atomic E-state index is 0.108. The minimum atomic E-state index is -1.26. The molecule has 2 amide bonds. The second kappa shape index (κ2) is 23.9. The van der Waals surface area contributed by atoms with Crippen LogP contribution in [0, 0.1) is 0 Å². The van der Waals surface area contributed by atoms with Crippen molar-refractivity contribution in [2.45, 2.75) is 161 Å². The maximum atomic E-state index is 12.5. The van der Waals surface area contributed by atoms with Crippen molar-refractivity contribution in [3.63, 3.8) is 0 Å². The van der Waals surface area contributed by atoms with Gasteiger partial charge in [-0.05, 0) is 25.7 Å². The lowest BCUT2D eigenvalue weighted by Gasteiger charge is -2.20. The fraction of sp³-hybridized carbons (Fsp3) is 0.862. The van der Waals surface area contributed by atoms with E-state index in [0.717, 1.165) is 51.4 Å². The number of aliphatic carboxylic acids is 1. The van der Waals surface area contributed by atoms with Crippen molar-refractivity contribution in [1.29, 1.82) is 0 Å². The Morgan fingerprint density at radius 3 is 1.74 bits per heavy atom. The highest BCUT2D eigenvalue weighted by atomic mass is 16.5. The number of carboxylic acid groups (broad SMARTS) is 1. The minimum Gasteiger partial charge on any atom is -0.480 e. The predicted molar refractivity (Wildman–Crippen MR) is 148 cm³/mol. The smallest absolute Gasteiger partial charge is 0.326 e. The van der Waals surface area contributed by atoms with Gasteiger partial charge in [0, 0.05) is 6.42 Å². The van der Waals surface area contributed by atoms with Crippen molar-refractivity contribution in [3.8, 4) is 0 Å². The first-order chi connectivity index (χ1) is 18.2. The SMILES string of the molecule is CCCCCCCCCCCC(O)CC(=O)OC(CCCCCCC)CC(=O)NC(CCC(N)=O)C(=O)O. The summed E-state index contributed by atoms with van der Waals surface area (Å²) in [6.45, 7) is 4.33. The average Bonchev–Trinajstić information content (AvgIpc) is 2.84. The van der Waals surface area contributed by atoms with Gasteiger partial charge in [0.15, 0.2) is 0 Å². The Labute approximate surface area is 229 Å². The first kappa shape index (κ1) is 35.8. The van der Waals surface area contributed by atoms with Gasteiger partial charge in [0.1, 0.15) is 12.1 Å². The van der Waals surface area contributed by atoms with Crippen LogP contribution in [0.2, 0.25) is 0 Å². The zero-order valence-corrected chi connectivity index (χ0v) is 23.9. The summed E-state index contributed by atoms with van der Waals surface area (Å²) in [6, 6.07) is -1.24. The normalized spacial score (nSPS) is 13.4. The Bertz CT molecular complexity index is 657. The third-order valence-corrected chi connectivity index (χ3v) is 6.70. The summed E-state index contributed by atoms with van der Waals surface area (Å²) in [5.74, 6) is -3.02. The van der Waals surface area contributed by atoms with Crippen LogP contribution in [0.5, 0.6) is 0 Å². The number of ether oxygens (including phenoxy) is 1. The molecule has 0 spiro atoms. The monoisotopic (exact) mass is 542 g/mol. The van der Waals surface area contributed by atoms with E-state index >= 15 is 0 Å². The quantitative estimate of drug-likeness (QED) is 0.0869. The number of esters is 1. The molecule has 0 aliphatic heterocycles. The molecule has 0 aromatic rings. The molecule has 0 heterocycles. The molecule has 222 valence electrons. The highest BCUT2D eigenvalue weighted by Crippen LogP contribution is 2.16. The predicted octanol–water partition coefficient (Wildman–Crippen LogP) is 5.16. The van der Waals surface area contributed by atoms with E-state index in [1.54, 1.807) is 0 Å². The van der Waals surface area contributed by atoms with Gasteiger partial charge in [-0.25, -0.2) is 4.79 Å². The lowest BCUT2D eigenvalue weighted by atomic mass is 10.0. The number of hydrogen-bond acceptors (Lipinski definition) is 6. The lowest BCUT2D eigenvalue weighted by molar-refractivity contribution is -0.153. The fourth-order valence-corrected chi connectivity index (χ4v) is 4.40. The van der Waals surface area contributed by atoms with Gasteiger partial charge >= 0.3 is 11.9 Å². The third kappa shape index (κ3) is 21.9. The summed E-state index contributed by atoms with van der Waals surface area (Å²) in [7, 11) is 0. The zero-order valence-electron chi connectivity index (χ0n) is 23.9. The Hall–Kier alpha value is -2.16. The van der Waals surface area contributed by atoms with Gasteiger partial charge < -0.3 is 26.0 Å². The number of rotatable bonds is 26. The summed E-state index contributed by atoms with van der Waals surface area (Å²) < 4.78 is 5.55. The van der Waals surface area contributed by atoms with Gasteiger partial charge in [0.05, 0.1) is 18.9 Å². The van der Waals surface area contributed by atoms with Gasteiger partial charge in [0.2, 0.25) is 11.8 Å². The Kier molecular flexibility index (Phi) is 22.6. The number of primary amides is 1. The molecule has 0 radical (unpaired) electrons. The van der Waals surface area contributed by atoms with Crippen molar-refractivity contribution >= 4 is 23.8 Å². The van der Waals surface area contributed by atoms with Gasteiger partial charge in [-0.2, -0.15) is 0 Å². The van der Waals surface area contributed by atoms with Crippen LogP contribution in [0.4, 0.5) is 0 Å². The fourth-order valence-electron chi connectivity index (χ4n) is 4.40. The molecule has 0 saturated heterocycles. The van der Waals surface area contributed by atoms with Gasteiger partial charge in [-0.15, -0.1) is 0 Å². The van der Waals surface area contributed by atoms with E-state index < -0.39 is 42.0 Å². The van der Waals surface area contributed by atoms with Gasteiger partial charge in [-0.1, -0.05) is 97.3 Å². The molecule has 0 aromatic heterocycles. The summed E-state index contributed by atoms with van der Waals surface area (Å²) in [5, 5.41) is 22.0. The number of nitrogens with two attached hydrogens (primary N) is 1. The molecular weight excluding hydrogens is 488 g/mol. The maximum Gasteiger partial charge on any atom is 0.326 e. The lowest BCUT2D eigenvalue weighted by Crippen LogP contribution is -2.42. The Morgan fingerprint density at radius 1 is 0.737 bits per heavy atom. The number of hydrogen-bond donors (Lipinski definition) is 4. The van der Waals surface area contributed by atoms with Crippen molar-refractivity contribution in [2.24, 2.45) is 5.73 Å². The summed E-state index contributed by atoms with van der Waals surface area (Å²) >= 11 is 0. The maximum absolute atomic E-state index is 12.5. The standard InChI is InChI=1S/C29H54N2O7/c1-3-5-7-9-10-11-12-14-15-17-23(32)21-28(35)38-24(18-16-13-8-6-4-2)22-27(34)31-25(29(36)37)19-20-26(30)33/h23-25,32H,3-22H2,1-2H3,(H2,30,33)(H,31,34)(H,36,37). The van der Waals surface area contributed by atoms with Crippen LogP contribution in [0.1, 0.15) is 142 Å². The van der Waals surface area contributed by atoms with Crippen LogP contribution in [0.25, 0.3) is 0 Å². The molecule has 0 aliphatic carbocycles. The van der Waals surface area contributed by atoms with E-state index in [0.29, 0.717) is 12.8 Å². The second-order valence-corrected chi connectivity index (χ2v) is 10.5. The number of carboxylic acids is 1. The second-order valence-electron chi connectivity index (χ2n) is 10.5. The summed E-state index contributed by atoms with van der Waals surface area (Å²) in [6.07, 6.45) is 14.5. The number of carbonyl (C=O) groups excluding carboxylic acids is 3. The van der Waals surface area contributed by atoms with E-state index in [-0.39, 0.29) is 25.7 Å². The number of nitrogens with one attached hydrogen (secondary N) is 1. The molecule has 0 fully saturated rings. The van der Waals surface area contributed by atoms with Crippen LogP contribution in [0.15, 0.2) is 0 Å². The number of carbonyl (C=O) groups is 4. The van der Waals surface area contributed by atoms with Crippen LogP contribution >= 0.6 is 0 Å². The molecule has 9 nitrogen and oxygen atoms in total. The molecule has 38 heavy (non-hydrogen) atoms. The zero-order chi connectivity index (χ0) is 28.6. The Morgan fingerprint density at radius 2 is 1.24 bits per heavy atom. The average molecular weight is 543 g/mol. The molecule has 3 unspecified atom stereocenters. The molecule has 9 heteroatoms. The van der Waals surface area contributed by atoms with E-state index in [9.17, 15) is 29.4 Å². The van der Waals surface area contributed by atoms with E-state index in [2.05, 4.69) is 19.2 Å². The van der Waals surface area contributed by atoms with E-state index in [1.165, 1.54) is 38.5 Å². The van der Waals surface area contributed by atoms with Crippen molar-refractivity contribution in [2.75, 3.05) is 0 Å². The molecule has 0 saturated carbocycles. The van der Waals surface area contributed by atoms with Crippen LogP contribution in [0.3, 0.4) is 0 Å². The number of amides is 2. The van der Waals surface area contributed by atoms with Crippen LogP contribution in [-0.4, -0.2) is 52.2 Å². The molecule has 0 aromatic carbocycles. The largest absolute Gasteiger partial charge is 0.480 e. The van der Waals surface area contributed by atoms with Crippen molar-refractivity contribution in [3.05, 3.63) is 0 Å². The van der Waals surface area contributed by atoms with E-state index in [4.69, 9.17) is 10.5 Å². The van der Waals surface area contributed by atoms with Gasteiger partial charge in [0.25, 0.3) is 0 Å². The number of aliphatic hydroxyl groups is 1. The van der Waals surface area contributed by atoms with Crippen molar-refractivity contribution in [1.82, 2.24) is 5.32 Å². The topological polar surface area (TPSA) is 156 Å². The third-order valence-electron chi connectivity index (χ3n) is 6.70. The van der Waals surface area contributed by atoms with E-state index in [1.807, 2.05) is 0 Å². The summed E-state index contributed by atoms with van der Waals surface area (Å²) in [4.78, 5) is 47.4. The number of unbranched alkanes of at least 4 members (excludes halogenated alkanes) is 12. The molecular formula is C29H54N2O7. The first-order valence-electron chi connectivity index (χ1n) is 14.9. The highest BCUT2D eigenvalue weighted by molar-refractivity contribution is 5.84. The summed E-state index contributed by atoms with van der Waals surface area (Å²) in [5.41, 5.74) is 5.09.